The largest absolute Gasteiger partial charge is 0.452 e. The zero-order valence-corrected chi connectivity index (χ0v) is 17.0. The van der Waals surface area contributed by atoms with Gasteiger partial charge in [-0.15, -0.1) is 11.3 Å². The van der Waals surface area contributed by atoms with Gasteiger partial charge in [0, 0.05) is 6.20 Å². The quantitative estimate of drug-likeness (QED) is 0.463. The monoisotopic (exact) mass is 428 g/mol. The highest BCUT2D eigenvalue weighted by atomic mass is 32.1. The average Bonchev–Trinajstić information content (AvgIpc) is 3.48. The lowest BCUT2D eigenvalue weighted by molar-refractivity contribution is -0.119. The number of nitriles is 1. The second-order valence-corrected chi connectivity index (χ2v) is 7.38. The molecule has 2 heterocycles. The molecule has 0 fully saturated rings. The van der Waals surface area contributed by atoms with Crippen LogP contribution in [0.15, 0.2) is 78.3 Å². The molecule has 0 bridgehead atoms. The van der Waals surface area contributed by atoms with Crippen molar-refractivity contribution < 1.29 is 14.3 Å². The summed E-state index contributed by atoms with van der Waals surface area (Å²) in [6.45, 7) is -0.487. The van der Waals surface area contributed by atoms with Gasteiger partial charge >= 0.3 is 5.97 Å². The van der Waals surface area contributed by atoms with Crippen LogP contribution in [0.4, 0.5) is 5.69 Å². The molecule has 0 aliphatic carbocycles. The molecule has 7 nitrogen and oxygen atoms in total. The topological polar surface area (TPSA) is 97.0 Å². The Kier molecular flexibility index (Phi) is 5.87. The standard InChI is InChI=1S/C23H16N4O3S/c24-13-16-7-4-5-10-19(16)25-21(28)15-30-23(29)18-14-27(17-8-2-1-3-9-17)26-22(18)20-11-6-12-31-20/h1-12,14H,15H2,(H,25,28). The van der Waals surface area contributed by atoms with Gasteiger partial charge in [-0.25, -0.2) is 9.48 Å². The van der Waals surface area contributed by atoms with E-state index in [2.05, 4.69) is 10.4 Å². The first-order valence-electron chi connectivity index (χ1n) is 9.31. The van der Waals surface area contributed by atoms with Crippen LogP contribution in [-0.4, -0.2) is 28.3 Å². The molecule has 8 heteroatoms. The van der Waals surface area contributed by atoms with E-state index in [4.69, 9.17) is 10.00 Å². The summed E-state index contributed by atoms with van der Waals surface area (Å²) in [5.74, 6) is -1.20. The number of rotatable bonds is 6. The van der Waals surface area contributed by atoms with Gasteiger partial charge in [0.15, 0.2) is 6.61 Å². The van der Waals surface area contributed by atoms with Gasteiger partial charge in [-0.3, -0.25) is 4.79 Å². The van der Waals surface area contributed by atoms with E-state index in [9.17, 15) is 9.59 Å². The summed E-state index contributed by atoms with van der Waals surface area (Å²) in [5, 5.41) is 18.2. The number of benzene rings is 2. The molecule has 2 aromatic heterocycles. The van der Waals surface area contributed by atoms with Crippen LogP contribution in [0.2, 0.25) is 0 Å². The first kappa shape index (κ1) is 20.1. The first-order valence-corrected chi connectivity index (χ1v) is 10.2. The number of para-hydroxylation sites is 2. The van der Waals surface area contributed by atoms with Crippen LogP contribution in [0.1, 0.15) is 15.9 Å². The van der Waals surface area contributed by atoms with Gasteiger partial charge < -0.3 is 10.1 Å². The molecule has 0 aliphatic heterocycles. The maximum atomic E-state index is 12.8. The van der Waals surface area contributed by atoms with E-state index in [1.807, 2.05) is 53.9 Å². The summed E-state index contributed by atoms with van der Waals surface area (Å²) < 4.78 is 6.85. The molecule has 0 unspecified atom stereocenters. The van der Waals surface area contributed by atoms with E-state index >= 15 is 0 Å². The highest BCUT2D eigenvalue weighted by molar-refractivity contribution is 7.13. The molecule has 0 radical (unpaired) electrons. The van der Waals surface area contributed by atoms with E-state index in [0.29, 0.717) is 16.9 Å². The second-order valence-electron chi connectivity index (χ2n) is 6.43. The zero-order chi connectivity index (χ0) is 21.6. The van der Waals surface area contributed by atoms with Crippen LogP contribution >= 0.6 is 11.3 Å². The summed E-state index contributed by atoms with van der Waals surface area (Å²) in [4.78, 5) is 25.8. The number of esters is 1. The van der Waals surface area contributed by atoms with Gasteiger partial charge in [0.25, 0.3) is 5.91 Å². The smallest absolute Gasteiger partial charge is 0.342 e. The number of carbonyl (C=O) groups excluding carboxylic acids is 2. The van der Waals surface area contributed by atoms with Crippen LogP contribution in [0, 0.1) is 11.3 Å². The van der Waals surface area contributed by atoms with Gasteiger partial charge in [-0.2, -0.15) is 10.4 Å². The number of ether oxygens (including phenoxy) is 1. The van der Waals surface area contributed by atoms with Crippen molar-refractivity contribution in [3.8, 4) is 22.3 Å². The number of nitrogens with zero attached hydrogens (tertiary/aromatic N) is 3. The van der Waals surface area contributed by atoms with Crippen molar-refractivity contribution in [3.05, 3.63) is 89.4 Å². The molecule has 4 aromatic rings. The van der Waals surface area contributed by atoms with E-state index < -0.39 is 18.5 Å². The molecule has 0 aliphatic rings. The lowest BCUT2D eigenvalue weighted by Crippen LogP contribution is -2.21. The van der Waals surface area contributed by atoms with Gasteiger partial charge in [0.2, 0.25) is 0 Å². The van der Waals surface area contributed by atoms with Crippen molar-refractivity contribution in [2.75, 3.05) is 11.9 Å². The number of carbonyl (C=O) groups is 2. The average molecular weight is 428 g/mol. The molecule has 0 atom stereocenters. The summed E-state index contributed by atoms with van der Waals surface area (Å²) in [5.41, 5.74) is 2.23. The Hall–Kier alpha value is -4.22. The highest BCUT2D eigenvalue weighted by Gasteiger charge is 2.21. The molecule has 1 amide bonds. The third-order valence-corrected chi connectivity index (χ3v) is 5.24. The Bertz CT molecular complexity index is 1260. The SMILES string of the molecule is N#Cc1ccccc1NC(=O)COC(=O)c1cn(-c2ccccc2)nc1-c1cccs1. The minimum absolute atomic E-state index is 0.261. The van der Waals surface area contributed by atoms with E-state index in [0.717, 1.165) is 10.6 Å². The molecular weight excluding hydrogens is 412 g/mol. The lowest BCUT2D eigenvalue weighted by Gasteiger charge is -2.07. The second kappa shape index (κ2) is 9.07. The van der Waals surface area contributed by atoms with Crippen LogP contribution in [-0.2, 0) is 9.53 Å². The Morgan fingerprint density at radius 1 is 1.06 bits per heavy atom. The highest BCUT2D eigenvalue weighted by Crippen LogP contribution is 2.28. The molecule has 0 spiro atoms. The summed E-state index contributed by atoms with van der Waals surface area (Å²) in [6.07, 6.45) is 1.59. The van der Waals surface area contributed by atoms with Crippen molar-refractivity contribution >= 4 is 28.9 Å². The number of hydrogen-bond donors (Lipinski definition) is 1. The van der Waals surface area contributed by atoms with Crippen LogP contribution in [0.5, 0.6) is 0 Å². The van der Waals surface area contributed by atoms with Gasteiger partial charge in [0.1, 0.15) is 17.3 Å². The molecule has 31 heavy (non-hydrogen) atoms. The van der Waals surface area contributed by atoms with E-state index in [1.54, 1.807) is 35.1 Å². The lowest BCUT2D eigenvalue weighted by atomic mass is 10.2. The number of amides is 1. The van der Waals surface area contributed by atoms with Crippen LogP contribution < -0.4 is 5.32 Å². The first-order chi connectivity index (χ1) is 15.2. The fourth-order valence-corrected chi connectivity index (χ4v) is 3.64. The van der Waals surface area contributed by atoms with Crippen LogP contribution in [0.25, 0.3) is 16.3 Å². The third kappa shape index (κ3) is 4.52. The fourth-order valence-electron chi connectivity index (χ4n) is 2.92. The molecule has 4 rings (SSSR count). The number of hydrogen-bond acceptors (Lipinski definition) is 6. The molecule has 0 saturated carbocycles. The molecule has 0 saturated heterocycles. The van der Waals surface area contributed by atoms with Crippen molar-refractivity contribution in [3.63, 3.8) is 0 Å². The zero-order valence-electron chi connectivity index (χ0n) is 16.2. The van der Waals surface area contributed by atoms with Gasteiger partial charge in [-0.1, -0.05) is 36.4 Å². The van der Waals surface area contributed by atoms with Crippen molar-refractivity contribution in [1.82, 2.24) is 9.78 Å². The molecular formula is C23H16N4O3S. The minimum atomic E-state index is -0.658. The van der Waals surface area contributed by atoms with Crippen molar-refractivity contribution in [2.45, 2.75) is 0 Å². The Balaban J connectivity index is 1.52. The molecule has 1 N–H and O–H groups in total. The van der Waals surface area contributed by atoms with E-state index in [1.165, 1.54) is 11.3 Å². The Labute approximate surface area is 182 Å². The summed E-state index contributed by atoms with van der Waals surface area (Å²) in [7, 11) is 0. The predicted molar refractivity (Wildman–Crippen MR) is 117 cm³/mol. The fraction of sp³-hybridized carbons (Fsp3) is 0.0435. The number of aromatic nitrogens is 2. The third-order valence-electron chi connectivity index (χ3n) is 4.37. The van der Waals surface area contributed by atoms with Crippen LogP contribution in [0.3, 0.4) is 0 Å². The number of thiophene rings is 1. The molecule has 152 valence electrons. The summed E-state index contributed by atoms with van der Waals surface area (Å²) in [6, 6.07) is 21.7. The predicted octanol–water partition coefficient (Wildman–Crippen LogP) is 4.27. The van der Waals surface area contributed by atoms with Crippen molar-refractivity contribution in [2.24, 2.45) is 0 Å². The van der Waals surface area contributed by atoms with Crippen molar-refractivity contribution in [1.29, 1.82) is 5.26 Å². The Morgan fingerprint density at radius 3 is 2.58 bits per heavy atom. The number of nitrogens with one attached hydrogen (secondary N) is 1. The van der Waals surface area contributed by atoms with Gasteiger partial charge in [-0.05, 0) is 35.7 Å². The number of anilines is 1. The maximum Gasteiger partial charge on any atom is 0.342 e. The minimum Gasteiger partial charge on any atom is -0.452 e. The molecule has 2 aromatic carbocycles. The van der Waals surface area contributed by atoms with Gasteiger partial charge in [0.05, 0.1) is 21.8 Å². The normalized spacial score (nSPS) is 10.3. The Morgan fingerprint density at radius 2 is 1.84 bits per heavy atom. The summed E-state index contributed by atoms with van der Waals surface area (Å²) >= 11 is 1.45. The van der Waals surface area contributed by atoms with E-state index in [-0.39, 0.29) is 5.56 Å². The maximum absolute atomic E-state index is 12.8.